The predicted octanol–water partition coefficient (Wildman–Crippen LogP) is 3.03. The van der Waals surface area contributed by atoms with Crippen molar-refractivity contribution >= 4 is 70.6 Å². The van der Waals surface area contributed by atoms with Crippen molar-refractivity contribution in [2.45, 2.75) is 13.0 Å². The minimum absolute atomic E-state index is 0.128. The first-order valence-electron chi connectivity index (χ1n) is 13.0. The SMILES string of the molecule is CNC(=O)c1ccccc1Nc1nc(Nc2ccc(CNc3c(NCCNC(=O)CCS)c(=O)c3=O)cc2)ncc1Cl. The van der Waals surface area contributed by atoms with Gasteiger partial charge in [0.15, 0.2) is 5.82 Å². The quantitative estimate of drug-likeness (QED) is 0.0642. The molecule has 0 saturated heterocycles. The Bertz CT molecular complexity index is 1640. The summed E-state index contributed by atoms with van der Waals surface area (Å²) in [6.45, 7) is 0.940. The first-order valence-corrected chi connectivity index (χ1v) is 14.0. The highest BCUT2D eigenvalue weighted by atomic mass is 35.5. The Hall–Kier alpha value is -4.62. The van der Waals surface area contributed by atoms with E-state index in [0.717, 1.165) is 5.56 Å². The second kappa shape index (κ2) is 14.3. The number of hydrogen-bond donors (Lipinski definition) is 7. The predicted molar refractivity (Wildman–Crippen MR) is 169 cm³/mol. The zero-order valence-electron chi connectivity index (χ0n) is 22.6. The van der Waals surface area contributed by atoms with Crippen LogP contribution in [0.2, 0.25) is 5.02 Å². The molecule has 0 radical (unpaired) electrons. The number of carbonyl (C=O) groups is 2. The molecular formula is C28H29ClN8O4S. The first-order chi connectivity index (χ1) is 20.3. The molecule has 0 aliphatic rings. The Morgan fingerprint density at radius 3 is 2.36 bits per heavy atom. The summed E-state index contributed by atoms with van der Waals surface area (Å²) < 4.78 is 0. The number of halogens is 1. The molecule has 4 aromatic rings. The van der Waals surface area contributed by atoms with Crippen molar-refractivity contribution in [1.29, 1.82) is 0 Å². The molecule has 0 bridgehead atoms. The molecule has 0 unspecified atom stereocenters. The van der Waals surface area contributed by atoms with Crippen LogP contribution in [0.15, 0.2) is 64.3 Å². The molecule has 2 amide bonds. The van der Waals surface area contributed by atoms with Crippen molar-refractivity contribution in [2.24, 2.45) is 0 Å². The fourth-order valence-electron chi connectivity index (χ4n) is 3.90. The van der Waals surface area contributed by atoms with E-state index in [1.807, 2.05) is 24.3 Å². The van der Waals surface area contributed by atoms with E-state index < -0.39 is 10.9 Å². The standard InChI is InChI=1S/C28H29ClN8O4S/c1-30-27(41)18-4-2-3-5-20(18)36-26-19(29)15-34-28(37-26)35-17-8-6-16(7-9-17)14-33-23-22(24(39)25(23)40)32-12-11-31-21(38)10-13-42/h2-9,15,32-33,42H,10-14H2,1H3,(H,30,41)(H,31,38)(H2,34,35,36,37). The fraction of sp³-hybridized carbons (Fsp3) is 0.214. The van der Waals surface area contributed by atoms with E-state index in [9.17, 15) is 19.2 Å². The fourth-order valence-corrected chi connectivity index (χ4v) is 4.24. The number of nitrogens with zero attached hydrogens (tertiary/aromatic N) is 2. The zero-order valence-corrected chi connectivity index (χ0v) is 24.2. The Morgan fingerprint density at radius 2 is 1.64 bits per heavy atom. The zero-order chi connectivity index (χ0) is 30.1. The van der Waals surface area contributed by atoms with Gasteiger partial charge in [-0.3, -0.25) is 19.2 Å². The van der Waals surface area contributed by atoms with Gasteiger partial charge in [0.2, 0.25) is 11.9 Å². The molecule has 6 N–H and O–H groups in total. The average Bonchev–Trinajstić information content (AvgIpc) is 3.00. The van der Waals surface area contributed by atoms with Crippen LogP contribution >= 0.6 is 24.2 Å². The second-order valence-corrected chi connectivity index (χ2v) is 9.83. The van der Waals surface area contributed by atoms with Gasteiger partial charge in [-0.25, -0.2) is 4.98 Å². The highest BCUT2D eigenvalue weighted by Crippen LogP contribution is 2.27. The van der Waals surface area contributed by atoms with Crippen molar-refractivity contribution in [3.8, 4) is 0 Å². The van der Waals surface area contributed by atoms with E-state index in [1.165, 1.54) is 6.20 Å². The summed E-state index contributed by atoms with van der Waals surface area (Å²) in [6, 6.07) is 14.3. The third kappa shape index (κ3) is 7.56. The Balaban J connectivity index is 1.34. The molecule has 0 fully saturated rings. The van der Waals surface area contributed by atoms with Gasteiger partial charge in [-0.1, -0.05) is 35.9 Å². The molecule has 42 heavy (non-hydrogen) atoms. The lowest BCUT2D eigenvalue weighted by atomic mass is 10.1. The topological polar surface area (TPSA) is 166 Å². The largest absolute Gasteiger partial charge is 0.378 e. The van der Waals surface area contributed by atoms with Gasteiger partial charge in [-0.15, -0.1) is 0 Å². The molecule has 1 heterocycles. The minimum Gasteiger partial charge on any atom is -0.378 e. The molecule has 14 heteroatoms. The molecular weight excluding hydrogens is 580 g/mol. The number of anilines is 6. The van der Waals surface area contributed by atoms with Gasteiger partial charge in [0, 0.05) is 38.8 Å². The summed E-state index contributed by atoms with van der Waals surface area (Å²) in [4.78, 5) is 56.4. The van der Waals surface area contributed by atoms with Gasteiger partial charge in [-0.2, -0.15) is 17.6 Å². The number of para-hydroxylation sites is 1. The first kappa shape index (κ1) is 30.3. The minimum atomic E-state index is -0.590. The molecule has 0 spiro atoms. The van der Waals surface area contributed by atoms with Crippen molar-refractivity contribution in [3.63, 3.8) is 0 Å². The monoisotopic (exact) mass is 608 g/mol. The lowest BCUT2D eigenvalue weighted by molar-refractivity contribution is -0.120. The summed E-state index contributed by atoms with van der Waals surface area (Å²) in [5, 5.41) is 17.7. The molecule has 218 valence electrons. The average molecular weight is 609 g/mol. The summed E-state index contributed by atoms with van der Waals surface area (Å²) in [7, 11) is 1.55. The van der Waals surface area contributed by atoms with Gasteiger partial charge in [-0.05, 0) is 35.6 Å². The van der Waals surface area contributed by atoms with Gasteiger partial charge >= 0.3 is 0 Å². The molecule has 0 atom stereocenters. The summed E-state index contributed by atoms with van der Waals surface area (Å²) >= 11 is 10.3. The van der Waals surface area contributed by atoms with Crippen molar-refractivity contribution in [3.05, 3.63) is 91.3 Å². The lowest BCUT2D eigenvalue weighted by Crippen LogP contribution is -2.39. The van der Waals surface area contributed by atoms with Gasteiger partial charge in [0.1, 0.15) is 16.4 Å². The number of benzene rings is 2. The highest BCUT2D eigenvalue weighted by Gasteiger charge is 2.20. The van der Waals surface area contributed by atoms with Crippen molar-refractivity contribution < 1.29 is 9.59 Å². The molecule has 0 saturated carbocycles. The number of amides is 2. The van der Waals surface area contributed by atoms with E-state index in [1.54, 1.807) is 31.3 Å². The van der Waals surface area contributed by atoms with Gasteiger partial charge in [0.25, 0.3) is 16.8 Å². The number of carbonyl (C=O) groups excluding carboxylic acids is 2. The van der Waals surface area contributed by atoms with Crippen LogP contribution in [0.4, 0.5) is 34.5 Å². The van der Waals surface area contributed by atoms with Gasteiger partial charge in [0.05, 0.1) is 17.4 Å². The smallest absolute Gasteiger partial charge is 0.253 e. The van der Waals surface area contributed by atoms with Crippen LogP contribution in [0.25, 0.3) is 0 Å². The maximum Gasteiger partial charge on any atom is 0.253 e. The van der Waals surface area contributed by atoms with Crippen LogP contribution in [-0.2, 0) is 11.3 Å². The molecule has 0 aliphatic heterocycles. The molecule has 0 aliphatic carbocycles. The molecule has 4 rings (SSSR count). The maximum atomic E-state index is 12.2. The van der Waals surface area contributed by atoms with Crippen LogP contribution in [-0.4, -0.2) is 47.7 Å². The van der Waals surface area contributed by atoms with Crippen LogP contribution in [0.1, 0.15) is 22.3 Å². The van der Waals surface area contributed by atoms with Crippen LogP contribution in [0, 0.1) is 0 Å². The summed E-state index contributed by atoms with van der Waals surface area (Å²) in [6.07, 6.45) is 1.76. The molecule has 12 nitrogen and oxygen atoms in total. The summed E-state index contributed by atoms with van der Waals surface area (Å²) in [5.74, 6) is 0.678. The number of thiol groups is 1. The number of nitrogens with one attached hydrogen (secondary N) is 6. The lowest BCUT2D eigenvalue weighted by Gasteiger charge is -2.15. The number of rotatable bonds is 14. The molecule has 3 aromatic carbocycles. The molecule has 1 aromatic heterocycles. The third-order valence-electron chi connectivity index (χ3n) is 6.07. The van der Waals surface area contributed by atoms with Crippen LogP contribution < -0.4 is 42.8 Å². The highest BCUT2D eigenvalue weighted by molar-refractivity contribution is 7.80. The van der Waals surface area contributed by atoms with Crippen molar-refractivity contribution in [2.75, 3.05) is 47.2 Å². The second-order valence-electron chi connectivity index (χ2n) is 8.97. The van der Waals surface area contributed by atoms with E-state index in [4.69, 9.17) is 11.6 Å². The number of aromatic nitrogens is 2. The summed E-state index contributed by atoms with van der Waals surface area (Å²) in [5.41, 5.74) is 1.80. The van der Waals surface area contributed by atoms with E-state index >= 15 is 0 Å². The normalized spacial score (nSPS) is 10.6. The number of hydrogen-bond acceptors (Lipinski definition) is 11. The Kier molecular flexibility index (Phi) is 10.3. The van der Waals surface area contributed by atoms with E-state index in [-0.39, 0.29) is 34.2 Å². The maximum absolute atomic E-state index is 12.2. The van der Waals surface area contributed by atoms with E-state index in [2.05, 4.69) is 54.5 Å². The third-order valence-corrected chi connectivity index (χ3v) is 6.57. The van der Waals surface area contributed by atoms with Crippen LogP contribution in [0.5, 0.6) is 0 Å². The van der Waals surface area contributed by atoms with Gasteiger partial charge < -0.3 is 31.9 Å². The Labute approximate surface area is 251 Å². The van der Waals surface area contributed by atoms with Crippen LogP contribution in [0.3, 0.4) is 0 Å². The Morgan fingerprint density at radius 1 is 0.929 bits per heavy atom. The van der Waals surface area contributed by atoms with E-state index in [0.29, 0.717) is 54.6 Å². The van der Waals surface area contributed by atoms with Crippen molar-refractivity contribution in [1.82, 2.24) is 20.6 Å².